The van der Waals surface area contributed by atoms with E-state index in [2.05, 4.69) is 121 Å². The lowest BCUT2D eigenvalue weighted by atomic mass is 10.2. The first-order chi connectivity index (χ1) is 15.3. The first kappa shape index (κ1) is 21.8. The molecule has 31 heavy (non-hydrogen) atoms. The second-order valence-electron chi connectivity index (χ2n) is 7.24. The second-order valence-corrected chi connectivity index (χ2v) is 9.70. The molecule has 2 atom stereocenters. The number of rotatable bonds is 10. The highest BCUT2D eigenvalue weighted by molar-refractivity contribution is 8.00. The van der Waals surface area contributed by atoms with Gasteiger partial charge in [0.2, 0.25) is 0 Å². The summed E-state index contributed by atoms with van der Waals surface area (Å²) in [7, 11) is 0. The van der Waals surface area contributed by atoms with Crippen LogP contribution in [0, 0.1) is 0 Å². The van der Waals surface area contributed by atoms with Crippen LogP contribution in [0.1, 0.15) is 11.1 Å². The summed E-state index contributed by atoms with van der Waals surface area (Å²) in [6, 6.07) is 42.3. The lowest BCUT2D eigenvalue weighted by molar-refractivity contribution is 0.0920. The number of ether oxygens (including phenoxy) is 1. The summed E-state index contributed by atoms with van der Waals surface area (Å²) < 4.78 is 6.79. The summed E-state index contributed by atoms with van der Waals surface area (Å²) >= 11 is 3.59. The SMILES string of the molecule is c1ccc(C[13CH](O[13CH](Cc2ccccc2)Sc2ccccc2)Sc2ccccc2)cc1. The van der Waals surface area contributed by atoms with E-state index < -0.39 is 0 Å². The first-order valence-electron chi connectivity index (χ1n) is 10.5. The van der Waals surface area contributed by atoms with Crippen molar-refractivity contribution >= 4 is 23.5 Å². The molecule has 0 aliphatic heterocycles. The van der Waals surface area contributed by atoms with E-state index in [0.29, 0.717) is 0 Å². The molecule has 4 aromatic rings. The zero-order valence-electron chi connectivity index (χ0n) is 17.3. The molecule has 2 unspecified atom stereocenters. The van der Waals surface area contributed by atoms with Crippen molar-refractivity contribution in [3.63, 3.8) is 0 Å². The molecular formula is C28H26OS2. The normalized spacial score (nSPS) is 12.9. The quantitative estimate of drug-likeness (QED) is 0.141. The number of benzene rings is 4. The van der Waals surface area contributed by atoms with E-state index >= 15 is 0 Å². The Morgan fingerprint density at radius 1 is 0.452 bits per heavy atom. The van der Waals surface area contributed by atoms with E-state index in [9.17, 15) is 0 Å². The summed E-state index contributed by atoms with van der Waals surface area (Å²) in [6.45, 7) is 0. The molecule has 1 nitrogen and oxygen atoms in total. The van der Waals surface area contributed by atoms with Gasteiger partial charge in [0.15, 0.2) is 0 Å². The van der Waals surface area contributed by atoms with E-state index in [4.69, 9.17) is 4.74 Å². The van der Waals surface area contributed by atoms with Crippen LogP contribution in [0.4, 0.5) is 0 Å². The van der Waals surface area contributed by atoms with Crippen LogP contribution < -0.4 is 0 Å². The first-order valence-corrected chi connectivity index (χ1v) is 12.3. The van der Waals surface area contributed by atoms with E-state index in [1.165, 1.54) is 20.9 Å². The topological polar surface area (TPSA) is 9.23 Å². The van der Waals surface area contributed by atoms with E-state index in [1.54, 1.807) is 23.5 Å². The van der Waals surface area contributed by atoms with Gasteiger partial charge in [-0.25, -0.2) is 0 Å². The van der Waals surface area contributed by atoms with Crippen LogP contribution in [0.5, 0.6) is 0 Å². The van der Waals surface area contributed by atoms with Crippen molar-refractivity contribution in [1.82, 2.24) is 0 Å². The smallest absolute Gasteiger partial charge is 0.113 e. The predicted octanol–water partition coefficient (Wildman–Crippen LogP) is 7.73. The average molecular weight is 445 g/mol. The Morgan fingerprint density at radius 2 is 0.774 bits per heavy atom. The van der Waals surface area contributed by atoms with Crippen LogP contribution >= 0.6 is 23.5 Å². The van der Waals surface area contributed by atoms with Crippen molar-refractivity contribution < 1.29 is 4.74 Å². The van der Waals surface area contributed by atoms with Gasteiger partial charge in [0.1, 0.15) is 10.9 Å². The maximum Gasteiger partial charge on any atom is 0.113 e. The molecule has 0 saturated carbocycles. The van der Waals surface area contributed by atoms with Gasteiger partial charge in [-0.05, 0) is 35.4 Å². The monoisotopic (exact) mass is 444 g/mol. The Kier molecular flexibility index (Phi) is 8.29. The fourth-order valence-electron chi connectivity index (χ4n) is 3.32. The van der Waals surface area contributed by atoms with Crippen molar-refractivity contribution in [2.75, 3.05) is 0 Å². The minimum Gasteiger partial charge on any atom is -0.352 e. The highest BCUT2D eigenvalue weighted by Gasteiger charge is 2.20. The molecule has 0 spiro atoms. The molecule has 0 amide bonds. The van der Waals surface area contributed by atoms with Crippen molar-refractivity contribution in [2.24, 2.45) is 0 Å². The standard InChI is InChI=1S/C28H26OS2/c1-5-13-23(14-6-1)21-27(30-25-17-9-3-10-18-25)29-28(22-24-15-7-2-8-16-24)31-26-19-11-4-12-20-26/h1-20,27-28H,21-22H2/i27+1,28+1. The van der Waals surface area contributed by atoms with Crippen molar-refractivity contribution in [3.05, 3.63) is 132 Å². The van der Waals surface area contributed by atoms with Gasteiger partial charge in [-0.2, -0.15) is 0 Å². The molecule has 0 heterocycles. The minimum atomic E-state index is 0.0229. The van der Waals surface area contributed by atoms with Crippen LogP contribution in [-0.4, -0.2) is 10.9 Å². The highest BCUT2D eigenvalue weighted by atomic mass is 32.2. The third-order valence-corrected chi connectivity index (χ3v) is 6.99. The largest absolute Gasteiger partial charge is 0.352 e. The third-order valence-electron chi connectivity index (χ3n) is 4.82. The van der Waals surface area contributed by atoms with Crippen LogP contribution in [0.3, 0.4) is 0 Å². The molecule has 3 heteroatoms. The molecule has 0 aliphatic carbocycles. The van der Waals surface area contributed by atoms with E-state index in [0.717, 1.165) is 12.8 Å². The van der Waals surface area contributed by atoms with E-state index in [1.807, 2.05) is 0 Å². The molecule has 0 radical (unpaired) electrons. The fourth-order valence-corrected chi connectivity index (χ4v) is 5.56. The molecule has 4 rings (SSSR count). The van der Waals surface area contributed by atoms with Gasteiger partial charge in [-0.15, -0.1) is 0 Å². The molecule has 0 saturated heterocycles. The Labute approximate surface area is 193 Å². The molecule has 0 N–H and O–H groups in total. The Morgan fingerprint density at radius 3 is 1.13 bits per heavy atom. The third kappa shape index (κ3) is 7.32. The van der Waals surface area contributed by atoms with Crippen molar-refractivity contribution in [2.45, 2.75) is 33.5 Å². The highest BCUT2D eigenvalue weighted by Crippen LogP contribution is 2.33. The maximum atomic E-state index is 6.79. The second kappa shape index (κ2) is 11.8. The van der Waals surface area contributed by atoms with Gasteiger partial charge < -0.3 is 4.74 Å². The van der Waals surface area contributed by atoms with Crippen molar-refractivity contribution in [3.8, 4) is 0 Å². The number of hydrogen-bond acceptors (Lipinski definition) is 3. The van der Waals surface area contributed by atoms with Gasteiger partial charge in [-0.1, -0.05) is 121 Å². The summed E-state index contributed by atoms with van der Waals surface area (Å²) in [5.74, 6) is 0. The minimum absolute atomic E-state index is 0.0229. The zero-order valence-corrected chi connectivity index (χ0v) is 19.0. The van der Waals surface area contributed by atoms with Crippen LogP contribution in [0.15, 0.2) is 131 Å². The summed E-state index contributed by atoms with van der Waals surface area (Å²) in [5, 5.41) is 0. The van der Waals surface area contributed by atoms with Gasteiger partial charge in [0.05, 0.1) is 0 Å². The van der Waals surface area contributed by atoms with Crippen LogP contribution in [-0.2, 0) is 17.6 Å². The lowest BCUT2D eigenvalue weighted by Crippen LogP contribution is -2.21. The Bertz CT molecular complexity index is 840. The van der Waals surface area contributed by atoms with E-state index in [-0.39, 0.29) is 10.9 Å². The Balaban J connectivity index is 1.55. The van der Waals surface area contributed by atoms with Crippen molar-refractivity contribution in [1.29, 1.82) is 0 Å². The van der Waals surface area contributed by atoms with Crippen LogP contribution in [0.25, 0.3) is 0 Å². The van der Waals surface area contributed by atoms with Gasteiger partial charge >= 0.3 is 0 Å². The fraction of sp³-hybridized carbons (Fsp3) is 0.143. The summed E-state index contributed by atoms with van der Waals surface area (Å²) in [4.78, 5) is 2.46. The van der Waals surface area contributed by atoms with Crippen LogP contribution in [0.2, 0.25) is 0 Å². The molecule has 0 aliphatic rings. The number of thioether (sulfide) groups is 2. The zero-order chi connectivity index (χ0) is 21.1. The molecule has 0 bridgehead atoms. The molecule has 4 aromatic carbocycles. The lowest BCUT2D eigenvalue weighted by Gasteiger charge is -2.25. The average Bonchev–Trinajstić information content (AvgIpc) is 2.82. The maximum absolute atomic E-state index is 6.79. The number of hydrogen-bond donors (Lipinski definition) is 0. The van der Waals surface area contributed by atoms with Gasteiger partial charge in [0.25, 0.3) is 0 Å². The molecule has 156 valence electrons. The molecule has 0 fully saturated rings. The summed E-state index contributed by atoms with van der Waals surface area (Å²) in [6.07, 6.45) is 1.72. The molecular weight excluding hydrogens is 418 g/mol. The van der Waals surface area contributed by atoms with Gasteiger partial charge in [0, 0.05) is 22.6 Å². The predicted molar refractivity (Wildman–Crippen MR) is 134 cm³/mol. The summed E-state index contributed by atoms with van der Waals surface area (Å²) in [5.41, 5.74) is 2.63. The molecule has 0 aromatic heterocycles. The Hall–Kier alpha value is -2.46. The van der Waals surface area contributed by atoms with Gasteiger partial charge in [-0.3, -0.25) is 0 Å².